The maximum absolute atomic E-state index is 12.3. The van der Waals surface area contributed by atoms with E-state index in [-0.39, 0.29) is 0 Å². The van der Waals surface area contributed by atoms with Gasteiger partial charge >= 0.3 is 0 Å². The first-order valence-corrected chi connectivity index (χ1v) is 9.16. The number of methoxy groups -OCH3 is 1. The molecule has 0 atom stereocenters. The van der Waals surface area contributed by atoms with Crippen LogP contribution in [0.25, 0.3) is 0 Å². The normalized spacial score (nSPS) is 22.0. The number of carbonyl (C=O) groups excluding carboxylic acids is 1. The van der Waals surface area contributed by atoms with Crippen molar-refractivity contribution in [2.75, 3.05) is 40.3 Å². The molecule has 126 valence electrons. The Morgan fingerprint density at radius 2 is 1.83 bits per heavy atom. The van der Waals surface area contributed by atoms with Gasteiger partial charge in [0.15, 0.2) is 5.75 Å². The van der Waals surface area contributed by atoms with E-state index in [1.165, 1.54) is 22.4 Å². The second-order valence-corrected chi connectivity index (χ2v) is 8.33. The number of ether oxygens (including phenoxy) is 1. The summed E-state index contributed by atoms with van der Waals surface area (Å²) < 4.78 is 8.11. The molecule has 1 saturated heterocycles. The molecule has 1 aromatic rings. The number of aryl methyl sites for hydroxylation is 1. The number of ketones is 1. The molecule has 0 unspecified atom stereocenters. The molecule has 0 spiro atoms. The van der Waals surface area contributed by atoms with E-state index in [0.717, 1.165) is 43.9 Å². The van der Waals surface area contributed by atoms with Gasteiger partial charge in [0, 0.05) is 31.0 Å². The summed E-state index contributed by atoms with van der Waals surface area (Å²) in [5.74, 6) is 1.24. The minimum absolute atomic E-state index is 0.330. The summed E-state index contributed by atoms with van der Waals surface area (Å²) in [5.41, 5.74) is 2.05. The van der Waals surface area contributed by atoms with Crippen LogP contribution < -0.4 is 4.74 Å². The van der Waals surface area contributed by atoms with Crippen LogP contribution in [0.2, 0.25) is 0 Å². The Balaban J connectivity index is 1.88. The summed E-state index contributed by atoms with van der Waals surface area (Å²) in [4.78, 5) is 15.8. The van der Waals surface area contributed by atoms with Gasteiger partial charge in [0.1, 0.15) is 17.7 Å². The molecule has 23 heavy (non-hydrogen) atoms. The zero-order chi connectivity index (χ0) is 16.6. The van der Waals surface area contributed by atoms with Crippen molar-refractivity contribution in [3.63, 3.8) is 0 Å². The highest BCUT2D eigenvalue weighted by molar-refractivity contribution is 7.76. The SMILES string of the molecule is COc1cc2c(cc1[SH+]N1CCN(C)CC1)CCC(=O)C2(C)C. The maximum Gasteiger partial charge on any atom is 0.215 e. The van der Waals surface area contributed by atoms with Crippen LogP contribution in [0.15, 0.2) is 17.0 Å². The van der Waals surface area contributed by atoms with Crippen LogP contribution in [0, 0.1) is 0 Å². The summed E-state index contributed by atoms with van der Waals surface area (Å²) in [6, 6.07) is 4.37. The van der Waals surface area contributed by atoms with Crippen LogP contribution in [0.5, 0.6) is 5.75 Å². The number of likely N-dealkylation sites (N-methyl/N-ethyl adjacent to an activating group) is 1. The quantitative estimate of drug-likeness (QED) is 0.623. The number of thiol groups is 1. The minimum Gasteiger partial charge on any atom is -0.491 e. The molecule has 0 N–H and O–H groups in total. The number of rotatable bonds is 3. The molecule has 1 aliphatic heterocycles. The van der Waals surface area contributed by atoms with Crippen molar-refractivity contribution in [1.82, 2.24) is 9.21 Å². The lowest BCUT2D eigenvalue weighted by molar-refractivity contribution is -0.124. The lowest BCUT2D eigenvalue weighted by Crippen LogP contribution is -2.43. The van der Waals surface area contributed by atoms with E-state index in [1.54, 1.807) is 7.11 Å². The first kappa shape index (κ1) is 16.8. The van der Waals surface area contributed by atoms with Crippen molar-refractivity contribution < 1.29 is 9.53 Å². The van der Waals surface area contributed by atoms with E-state index in [1.807, 2.05) is 13.8 Å². The summed E-state index contributed by atoms with van der Waals surface area (Å²) in [5, 5.41) is 0. The Bertz CT molecular complexity index is 607. The number of piperazine rings is 1. The van der Waals surface area contributed by atoms with E-state index in [4.69, 9.17) is 4.74 Å². The van der Waals surface area contributed by atoms with Crippen LogP contribution >= 0.6 is 0 Å². The number of Topliss-reactive ketones (excluding diaryl/α,β-unsaturated/α-hetero) is 1. The van der Waals surface area contributed by atoms with Crippen LogP contribution in [-0.2, 0) is 28.6 Å². The summed E-state index contributed by atoms with van der Waals surface area (Å²) >= 11 is 1.22. The van der Waals surface area contributed by atoms with Crippen LogP contribution in [0.1, 0.15) is 31.4 Å². The van der Waals surface area contributed by atoms with Crippen molar-refractivity contribution in [2.24, 2.45) is 0 Å². The van der Waals surface area contributed by atoms with Crippen molar-refractivity contribution >= 4 is 17.7 Å². The van der Waals surface area contributed by atoms with Gasteiger partial charge in [0.25, 0.3) is 0 Å². The Hall–Kier alpha value is -1.04. The highest BCUT2D eigenvalue weighted by Crippen LogP contribution is 2.38. The zero-order valence-electron chi connectivity index (χ0n) is 14.6. The fourth-order valence-electron chi connectivity index (χ4n) is 3.40. The van der Waals surface area contributed by atoms with Gasteiger partial charge in [-0.25, -0.2) is 0 Å². The van der Waals surface area contributed by atoms with E-state index in [9.17, 15) is 4.79 Å². The smallest absolute Gasteiger partial charge is 0.215 e. The average Bonchev–Trinajstić information content (AvgIpc) is 2.53. The van der Waals surface area contributed by atoms with E-state index in [0.29, 0.717) is 12.2 Å². The number of carbonyl (C=O) groups is 1. The highest BCUT2D eigenvalue weighted by Gasteiger charge is 2.37. The predicted molar refractivity (Wildman–Crippen MR) is 95.4 cm³/mol. The molecule has 2 aliphatic rings. The third-order valence-corrected chi connectivity index (χ3v) is 6.37. The molecule has 0 bridgehead atoms. The second-order valence-electron chi connectivity index (χ2n) is 7.09. The third kappa shape index (κ3) is 3.28. The Morgan fingerprint density at radius 1 is 1.13 bits per heavy atom. The van der Waals surface area contributed by atoms with Gasteiger partial charge < -0.3 is 9.64 Å². The number of benzene rings is 1. The molecule has 1 fully saturated rings. The molecular weight excluding hydrogens is 308 g/mol. The molecule has 3 rings (SSSR count). The monoisotopic (exact) mass is 335 g/mol. The van der Waals surface area contributed by atoms with E-state index >= 15 is 0 Å². The topological polar surface area (TPSA) is 32.8 Å². The van der Waals surface area contributed by atoms with Crippen molar-refractivity contribution in [2.45, 2.75) is 37.0 Å². The molecule has 0 saturated carbocycles. The molecule has 4 nitrogen and oxygen atoms in total. The second kappa shape index (κ2) is 6.46. The summed E-state index contributed by atoms with van der Waals surface area (Å²) in [7, 11) is 3.90. The summed E-state index contributed by atoms with van der Waals surface area (Å²) in [6.07, 6.45) is 1.50. The standard InChI is InChI=1S/C18H26N2O2S/c1-18(2)14-12-15(22-4)16(11-13(14)5-6-17(18)21)23-20-9-7-19(3)8-10-20/h11-12H,5-10H2,1-4H3/p+1. The van der Waals surface area contributed by atoms with Gasteiger partial charge in [0.2, 0.25) is 4.90 Å². The predicted octanol–water partition coefficient (Wildman–Crippen LogP) is 1.82. The first-order chi connectivity index (χ1) is 10.9. The van der Waals surface area contributed by atoms with Gasteiger partial charge in [-0.2, -0.15) is 0 Å². The third-order valence-electron chi connectivity index (χ3n) is 5.13. The minimum atomic E-state index is -0.399. The molecule has 0 radical (unpaired) electrons. The number of fused-ring (bicyclic) bond motifs is 1. The van der Waals surface area contributed by atoms with Crippen LogP contribution in [0.3, 0.4) is 0 Å². The lowest BCUT2D eigenvalue weighted by Gasteiger charge is -2.31. The first-order valence-electron chi connectivity index (χ1n) is 8.31. The lowest BCUT2D eigenvalue weighted by atomic mass is 9.72. The summed E-state index contributed by atoms with van der Waals surface area (Å²) in [6.45, 7) is 8.46. The fraction of sp³-hybridized carbons (Fsp3) is 0.611. The van der Waals surface area contributed by atoms with Crippen molar-refractivity contribution in [3.8, 4) is 5.75 Å². The van der Waals surface area contributed by atoms with Gasteiger partial charge in [0.05, 0.1) is 20.2 Å². The molecule has 0 amide bonds. The van der Waals surface area contributed by atoms with Gasteiger partial charge in [-0.3, -0.25) is 4.79 Å². The zero-order valence-corrected chi connectivity index (χ0v) is 15.4. The number of hydrogen-bond donors (Lipinski definition) is 0. The van der Waals surface area contributed by atoms with Gasteiger partial charge in [-0.05, 0) is 44.5 Å². The molecular formula is C18H27N2O2S+. The maximum atomic E-state index is 12.3. The molecule has 1 aromatic carbocycles. The molecule has 5 heteroatoms. The van der Waals surface area contributed by atoms with Crippen molar-refractivity contribution in [1.29, 1.82) is 0 Å². The van der Waals surface area contributed by atoms with E-state index < -0.39 is 5.41 Å². The highest BCUT2D eigenvalue weighted by atomic mass is 32.2. The largest absolute Gasteiger partial charge is 0.491 e. The van der Waals surface area contributed by atoms with Crippen LogP contribution in [0.4, 0.5) is 0 Å². The molecule has 1 heterocycles. The number of nitrogens with zero attached hydrogens (tertiary/aromatic N) is 2. The van der Waals surface area contributed by atoms with Crippen molar-refractivity contribution in [3.05, 3.63) is 23.3 Å². The Kier molecular flexibility index (Phi) is 4.72. The molecule has 0 aromatic heterocycles. The molecule has 1 aliphatic carbocycles. The fourth-order valence-corrected chi connectivity index (χ4v) is 4.55. The average molecular weight is 335 g/mol. The van der Waals surface area contributed by atoms with Gasteiger partial charge in [-0.1, -0.05) is 0 Å². The Morgan fingerprint density at radius 3 is 2.48 bits per heavy atom. The van der Waals surface area contributed by atoms with E-state index in [2.05, 4.69) is 28.4 Å². The van der Waals surface area contributed by atoms with Gasteiger partial charge in [-0.15, -0.1) is 4.31 Å². The van der Waals surface area contributed by atoms with Crippen LogP contribution in [-0.4, -0.2) is 55.3 Å². The number of hydrogen-bond acceptors (Lipinski definition) is 4. The Labute approximate surface area is 143 Å².